The molecular weight excluding hydrogens is 262 g/mol. The fourth-order valence-electron chi connectivity index (χ4n) is 1.52. The first-order valence-corrected chi connectivity index (χ1v) is 4.51. The summed E-state index contributed by atoms with van der Waals surface area (Å²) in [6.07, 6.45) is -13.1. The van der Waals surface area contributed by atoms with Crippen molar-refractivity contribution < 1.29 is 26.3 Å². The summed E-state index contributed by atoms with van der Waals surface area (Å²) in [5.74, 6) is -2.88. The van der Waals surface area contributed by atoms with E-state index in [1.807, 2.05) is 0 Å². The summed E-state index contributed by atoms with van der Waals surface area (Å²) >= 11 is 0. The Kier molecular flexibility index (Phi) is 4.43. The van der Waals surface area contributed by atoms with Crippen LogP contribution in [0.5, 0.6) is 0 Å². The van der Waals surface area contributed by atoms with Gasteiger partial charge in [0, 0.05) is 0 Å². The van der Waals surface area contributed by atoms with Gasteiger partial charge < -0.3 is 0 Å². The van der Waals surface area contributed by atoms with Gasteiger partial charge in [0.2, 0.25) is 0 Å². The van der Waals surface area contributed by atoms with E-state index >= 15 is 0 Å². The Morgan fingerprint density at radius 2 is 1.39 bits per heavy atom. The lowest BCUT2D eigenvalue weighted by Crippen LogP contribution is -2.54. The van der Waals surface area contributed by atoms with Gasteiger partial charge in [0.1, 0.15) is 0 Å². The molecule has 100 valence electrons. The van der Waals surface area contributed by atoms with Crippen molar-refractivity contribution in [3.63, 3.8) is 0 Å². The minimum Gasteiger partial charge on any atom is -0.197 e. The van der Waals surface area contributed by atoms with Crippen LogP contribution in [0.1, 0.15) is 13.3 Å². The molecule has 0 aliphatic carbocycles. The first kappa shape index (κ1) is 16.3. The van der Waals surface area contributed by atoms with Gasteiger partial charge in [-0.2, -0.15) is 36.9 Å². The maximum atomic E-state index is 12.8. The molecule has 18 heavy (non-hydrogen) atoms. The molecule has 8 heteroatoms. The van der Waals surface area contributed by atoms with Crippen molar-refractivity contribution in [3.8, 4) is 12.1 Å². The van der Waals surface area contributed by atoms with Crippen molar-refractivity contribution in [3.05, 3.63) is 12.2 Å². The van der Waals surface area contributed by atoms with Crippen LogP contribution in [0.4, 0.5) is 26.3 Å². The van der Waals surface area contributed by atoms with Gasteiger partial charge in [0.25, 0.3) is 0 Å². The van der Waals surface area contributed by atoms with Gasteiger partial charge >= 0.3 is 12.4 Å². The second kappa shape index (κ2) is 4.89. The fraction of sp³-hybridized carbons (Fsp3) is 0.600. The molecule has 0 aromatic rings. The van der Waals surface area contributed by atoms with E-state index in [0.717, 1.165) is 19.1 Å². The topological polar surface area (TPSA) is 47.6 Å². The average Bonchev–Trinajstić information content (AvgIpc) is 2.13. The van der Waals surface area contributed by atoms with Crippen molar-refractivity contribution in [2.75, 3.05) is 0 Å². The minimum atomic E-state index is -5.78. The molecule has 0 N–H and O–H groups in total. The second-order valence-corrected chi connectivity index (χ2v) is 3.79. The van der Waals surface area contributed by atoms with E-state index in [1.165, 1.54) is 0 Å². The molecular formula is C10H8F6N2. The molecule has 0 fully saturated rings. The summed E-state index contributed by atoms with van der Waals surface area (Å²) in [7, 11) is 0. The normalized spacial score (nSPS) is 13.0. The van der Waals surface area contributed by atoms with Crippen LogP contribution in [-0.4, -0.2) is 12.4 Å². The molecule has 0 heterocycles. The van der Waals surface area contributed by atoms with Crippen LogP contribution in [0.15, 0.2) is 12.2 Å². The predicted molar refractivity (Wildman–Crippen MR) is 48.7 cm³/mol. The highest BCUT2D eigenvalue weighted by molar-refractivity contribution is 5.18. The Bertz CT molecular complexity index is 378. The maximum absolute atomic E-state index is 12.8. The average molecular weight is 270 g/mol. The molecule has 0 unspecified atom stereocenters. The van der Waals surface area contributed by atoms with Crippen molar-refractivity contribution in [2.45, 2.75) is 25.7 Å². The summed E-state index contributed by atoms with van der Waals surface area (Å²) in [5, 5.41) is 16.8. The third kappa shape index (κ3) is 2.58. The molecule has 0 aromatic carbocycles. The molecule has 0 aliphatic rings. The molecule has 0 bridgehead atoms. The van der Waals surface area contributed by atoms with Crippen LogP contribution in [0.2, 0.25) is 0 Å². The molecule has 0 rings (SSSR count). The molecule has 0 aliphatic heterocycles. The monoisotopic (exact) mass is 270 g/mol. The lowest BCUT2D eigenvalue weighted by molar-refractivity contribution is -0.347. The van der Waals surface area contributed by atoms with Gasteiger partial charge in [-0.3, -0.25) is 0 Å². The number of halogens is 6. The zero-order chi connectivity index (χ0) is 14.8. The molecule has 0 spiro atoms. The zero-order valence-electron chi connectivity index (χ0n) is 9.15. The van der Waals surface area contributed by atoms with Gasteiger partial charge in [-0.05, 0) is 13.3 Å². The maximum Gasteiger partial charge on any atom is 0.405 e. The summed E-state index contributed by atoms with van der Waals surface area (Å²) in [6.45, 7) is 3.97. The molecule has 0 aromatic heterocycles. The van der Waals surface area contributed by atoms with Crippen molar-refractivity contribution in [2.24, 2.45) is 11.3 Å². The van der Waals surface area contributed by atoms with Crippen LogP contribution in [0.3, 0.4) is 0 Å². The summed E-state index contributed by atoms with van der Waals surface area (Å²) in [6, 6.07) is 1.54. The lowest BCUT2D eigenvalue weighted by Gasteiger charge is -2.38. The van der Waals surface area contributed by atoms with E-state index in [4.69, 9.17) is 10.5 Å². The highest BCUT2D eigenvalue weighted by Gasteiger charge is 2.74. The number of nitrogens with zero attached hydrogens (tertiary/aromatic N) is 2. The smallest absolute Gasteiger partial charge is 0.197 e. The fourth-order valence-corrected chi connectivity index (χ4v) is 1.52. The molecule has 2 nitrogen and oxygen atoms in total. The highest BCUT2D eigenvalue weighted by Crippen LogP contribution is 2.58. The van der Waals surface area contributed by atoms with Crippen LogP contribution in [-0.2, 0) is 0 Å². The summed E-state index contributed by atoms with van der Waals surface area (Å²) in [4.78, 5) is 0. The quantitative estimate of drug-likeness (QED) is 0.579. The van der Waals surface area contributed by atoms with Crippen molar-refractivity contribution in [1.82, 2.24) is 0 Å². The van der Waals surface area contributed by atoms with E-state index in [9.17, 15) is 26.3 Å². The highest BCUT2D eigenvalue weighted by atomic mass is 19.4. The Hall–Kier alpha value is -1.70. The standard InChI is InChI=1S/C10H8F6N2/c1-6(2)3-8(9(11,12)13,10(14,15)16)7(4-17)5-18/h7H,1,3H2,2H3. The van der Waals surface area contributed by atoms with Gasteiger partial charge in [-0.25, -0.2) is 0 Å². The number of rotatable bonds is 3. The van der Waals surface area contributed by atoms with E-state index in [-0.39, 0.29) is 0 Å². The van der Waals surface area contributed by atoms with Gasteiger partial charge in [-0.15, -0.1) is 6.58 Å². The summed E-state index contributed by atoms with van der Waals surface area (Å²) < 4.78 is 76.8. The van der Waals surface area contributed by atoms with Crippen LogP contribution >= 0.6 is 0 Å². The first-order valence-electron chi connectivity index (χ1n) is 4.51. The van der Waals surface area contributed by atoms with Crippen LogP contribution in [0, 0.1) is 34.0 Å². The van der Waals surface area contributed by atoms with E-state index in [0.29, 0.717) is 0 Å². The largest absolute Gasteiger partial charge is 0.405 e. The van der Waals surface area contributed by atoms with E-state index in [1.54, 1.807) is 0 Å². The first-order chi connectivity index (χ1) is 7.94. The summed E-state index contributed by atoms with van der Waals surface area (Å²) in [5.41, 5.74) is -4.82. The van der Waals surface area contributed by atoms with E-state index in [2.05, 4.69) is 6.58 Å². The van der Waals surface area contributed by atoms with Crippen molar-refractivity contribution in [1.29, 1.82) is 10.5 Å². The number of hydrogen-bond acceptors (Lipinski definition) is 2. The Balaban J connectivity index is 6.17. The predicted octanol–water partition coefficient (Wildman–Crippen LogP) is 3.73. The molecule has 0 saturated carbocycles. The van der Waals surface area contributed by atoms with Gasteiger partial charge in [-0.1, -0.05) is 5.57 Å². The second-order valence-electron chi connectivity index (χ2n) is 3.79. The van der Waals surface area contributed by atoms with Gasteiger partial charge in [0.15, 0.2) is 11.3 Å². The molecule has 0 atom stereocenters. The SMILES string of the molecule is C=C(C)CC(C(C#N)C#N)(C(F)(F)F)C(F)(F)F. The zero-order valence-corrected chi connectivity index (χ0v) is 9.15. The van der Waals surface area contributed by atoms with E-state index < -0.39 is 35.7 Å². The minimum absolute atomic E-state index is 0.417. The third-order valence-electron chi connectivity index (χ3n) is 2.34. The molecule has 0 amide bonds. The molecule has 0 radical (unpaired) electrons. The van der Waals surface area contributed by atoms with Gasteiger partial charge in [0.05, 0.1) is 12.1 Å². The van der Waals surface area contributed by atoms with Crippen LogP contribution < -0.4 is 0 Å². The Morgan fingerprint density at radius 1 is 1.06 bits per heavy atom. The Morgan fingerprint density at radius 3 is 1.56 bits per heavy atom. The number of allylic oxidation sites excluding steroid dienone is 1. The Labute approximate surface area is 99.1 Å². The third-order valence-corrected chi connectivity index (χ3v) is 2.34. The number of hydrogen-bond donors (Lipinski definition) is 0. The van der Waals surface area contributed by atoms with Crippen LogP contribution in [0.25, 0.3) is 0 Å². The lowest BCUT2D eigenvalue weighted by atomic mass is 9.71. The molecule has 0 saturated heterocycles. The number of alkyl halides is 6. The van der Waals surface area contributed by atoms with Crippen molar-refractivity contribution >= 4 is 0 Å². The number of nitriles is 2.